The van der Waals surface area contributed by atoms with Crippen LogP contribution in [0.3, 0.4) is 0 Å². The lowest BCUT2D eigenvalue weighted by Gasteiger charge is -2.42. The maximum Gasteiger partial charge on any atom is 0.321 e. The van der Waals surface area contributed by atoms with Crippen LogP contribution in [0, 0.1) is 5.92 Å². The Morgan fingerprint density at radius 2 is 1.47 bits per heavy atom. The second kappa shape index (κ2) is 8.90. The molecule has 4 rings (SSSR count). The van der Waals surface area contributed by atoms with Gasteiger partial charge < -0.3 is 15.3 Å². The Hall–Kier alpha value is -2.82. The van der Waals surface area contributed by atoms with Crippen molar-refractivity contribution in [2.75, 3.05) is 18.4 Å². The number of piperidine rings is 1. The molecule has 3 aromatic rings. The van der Waals surface area contributed by atoms with Gasteiger partial charge >= 0.3 is 6.03 Å². The number of carbonyl (C=O) groups is 1. The van der Waals surface area contributed by atoms with E-state index in [0.717, 1.165) is 11.1 Å². The van der Waals surface area contributed by atoms with E-state index < -0.39 is 5.60 Å². The van der Waals surface area contributed by atoms with Gasteiger partial charge in [-0.15, -0.1) is 0 Å². The summed E-state index contributed by atoms with van der Waals surface area (Å²) >= 11 is 6.01. The number of anilines is 1. The van der Waals surface area contributed by atoms with Crippen LogP contribution in [0.5, 0.6) is 0 Å². The molecule has 1 aliphatic heterocycles. The predicted octanol–water partition coefficient (Wildman–Crippen LogP) is 5.52. The van der Waals surface area contributed by atoms with E-state index in [9.17, 15) is 9.90 Å². The maximum absolute atomic E-state index is 12.7. The van der Waals surface area contributed by atoms with Crippen LogP contribution in [0.1, 0.15) is 24.0 Å². The molecule has 1 saturated heterocycles. The van der Waals surface area contributed by atoms with Gasteiger partial charge in [0.15, 0.2) is 0 Å². The highest BCUT2D eigenvalue weighted by atomic mass is 35.5. The molecule has 5 heteroatoms. The van der Waals surface area contributed by atoms with Crippen LogP contribution in [0.4, 0.5) is 10.5 Å². The first kappa shape index (κ1) is 20.5. The second-order valence-electron chi connectivity index (χ2n) is 7.70. The molecule has 1 aliphatic rings. The van der Waals surface area contributed by atoms with Gasteiger partial charge in [-0.05, 0) is 48.1 Å². The van der Waals surface area contributed by atoms with Crippen LogP contribution in [0.15, 0.2) is 84.9 Å². The summed E-state index contributed by atoms with van der Waals surface area (Å²) in [6.45, 7) is 1.16. The Kier molecular flexibility index (Phi) is 6.07. The van der Waals surface area contributed by atoms with Gasteiger partial charge in [-0.25, -0.2) is 4.79 Å². The number of carbonyl (C=O) groups excluding carboxylic acids is 1. The molecule has 30 heavy (non-hydrogen) atoms. The van der Waals surface area contributed by atoms with Crippen molar-refractivity contribution in [2.45, 2.75) is 18.4 Å². The van der Waals surface area contributed by atoms with Crippen LogP contribution in [-0.2, 0) is 5.60 Å². The lowest BCUT2D eigenvalue weighted by Crippen LogP contribution is -2.47. The molecule has 0 spiro atoms. The number of hydrogen-bond acceptors (Lipinski definition) is 2. The third-order valence-corrected chi connectivity index (χ3v) is 6.11. The third kappa shape index (κ3) is 4.20. The number of nitrogens with one attached hydrogen (secondary N) is 1. The fourth-order valence-corrected chi connectivity index (χ4v) is 4.48. The number of aliphatic hydroxyl groups is 1. The van der Waals surface area contributed by atoms with Crippen molar-refractivity contribution in [3.8, 4) is 0 Å². The first-order valence-electron chi connectivity index (χ1n) is 10.2. The van der Waals surface area contributed by atoms with Crippen molar-refractivity contribution in [1.82, 2.24) is 4.90 Å². The first-order chi connectivity index (χ1) is 14.6. The minimum atomic E-state index is -1.09. The minimum absolute atomic E-state index is 0.0116. The Labute approximate surface area is 182 Å². The summed E-state index contributed by atoms with van der Waals surface area (Å²) in [4.78, 5) is 14.5. The standard InChI is InChI=1S/C25H25ClN2O2/c26-22-12-7-13-23(18-22)27-24(29)28-16-14-21(15-17-28)25(30,19-8-3-1-4-9-19)20-10-5-2-6-11-20/h1-13,18,21,30H,14-17H2,(H,27,29). The van der Waals surface area contributed by atoms with Gasteiger partial charge in [-0.3, -0.25) is 0 Å². The van der Waals surface area contributed by atoms with Gasteiger partial charge in [-0.2, -0.15) is 0 Å². The molecule has 0 radical (unpaired) electrons. The van der Waals surface area contributed by atoms with Crippen LogP contribution >= 0.6 is 11.6 Å². The van der Waals surface area contributed by atoms with E-state index in [2.05, 4.69) is 5.32 Å². The number of benzene rings is 3. The zero-order chi connectivity index (χ0) is 21.0. The summed E-state index contributed by atoms with van der Waals surface area (Å²) < 4.78 is 0. The Morgan fingerprint density at radius 1 is 0.900 bits per heavy atom. The lowest BCUT2D eigenvalue weighted by molar-refractivity contribution is -0.00860. The zero-order valence-corrected chi connectivity index (χ0v) is 17.4. The van der Waals surface area contributed by atoms with Gasteiger partial charge in [0, 0.05) is 23.8 Å². The van der Waals surface area contributed by atoms with Crippen molar-refractivity contribution in [2.24, 2.45) is 5.92 Å². The molecule has 1 heterocycles. The molecule has 0 atom stereocenters. The quantitative estimate of drug-likeness (QED) is 0.583. The van der Waals surface area contributed by atoms with Crippen molar-refractivity contribution in [3.63, 3.8) is 0 Å². The summed E-state index contributed by atoms with van der Waals surface area (Å²) in [6.07, 6.45) is 1.42. The molecule has 0 aromatic heterocycles. The van der Waals surface area contributed by atoms with E-state index in [1.807, 2.05) is 72.8 Å². The third-order valence-electron chi connectivity index (χ3n) is 5.88. The predicted molar refractivity (Wildman–Crippen MR) is 121 cm³/mol. The lowest BCUT2D eigenvalue weighted by atomic mass is 9.72. The fraction of sp³-hybridized carbons (Fsp3) is 0.240. The van der Waals surface area contributed by atoms with E-state index in [-0.39, 0.29) is 11.9 Å². The SMILES string of the molecule is O=C(Nc1cccc(Cl)c1)N1CCC(C(O)(c2ccccc2)c2ccccc2)CC1. The zero-order valence-electron chi connectivity index (χ0n) is 16.7. The van der Waals surface area contributed by atoms with Crippen LogP contribution in [-0.4, -0.2) is 29.1 Å². The molecule has 0 bridgehead atoms. The molecular weight excluding hydrogens is 396 g/mol. The molecule has 4 nitrogen and oxygen atoms in total. The molecule has 0 aliphatic carbocycles. The fourth-order valence-electron chi connectivity index (χ4n) is 4.29. The van der Waals surface area contributed by atoms with Gasteiger partial charge in [-0.1, -0.05) is 78.3 Å². The first-order valence-corrected chi connectivity index (χ1v) is 10.6. The summed E-state index contributed by atoms with van der Waals surface area (Å²) in [5.41, 5.74) is 1.37. The number of likely N-dealkylation sites (tertiary alicyclic amines) is 1. The number of rotatable bonds is 4. The van der Waals surface area contributed by atoms with Gasteiger partial charge in [0.1, 0.15) is 5.60 Å². The molecule has 2 N–H and O–H groups in total. The number of amides is 2. The highest BCUT2D eigenvalue weighted by molar-refractivity contribution is 6.30. The van der Waals surface area contributed by atoms with Crippen LogP contribution in [0.25, 0.3) is 0 Å². The number of hydrogen-bond donors (Lipinski definition) is 2. The summed E-state index contributed by atoms with van der Waals surface area (Å²) in [6, 6.07) is 26.6. The highest BCUT2D eigenvalue weighted by Gasteiger charge is 2.42. The summed E-state index contributed by atoms with van der Waals surface area (Å²) in [5, 5.41) is 15.4. The second-order valence-corrected chi connectivity index (χ2v) is 8.14. The number of urea groups is 1. The van der Waals surface area contributed by atoms with Gasteiger partial charge in [0.05, 0.1) is 0 Å². The molecule has 154 valence electrons. The Balaban J connectivity index is 1.50. The van der Waals surface area contributed by atoms with E-state index in [4.69, 9.17) is 11.6 Å². The average Bonchev–Trinajstić information content (AvgIpc) is 2.80. The highest BCUT2D eigenvalue weighted by Crippen LogP contribution is 2.41. The van der Waals surface area contributed by atoms with Gasteiger partial charge in [0.2, 0.25) is 0 Å². The molecule has 1 fully saturated rings. The molecule has 0 unspecified atom stereocenters. The van der Waals surface area contributed by atoms with E-state index in [1.54, 1.807) is 17.0 Å². The Morgan fingerprint density at radius 3 is 2.00 bits per heavy atom. The molecule has 3 aromatic carbocycles. The normalized spacial score (nSPS) is 15.1. The minimum Gasteiger partial charge on any atom is -0.380 e. The van der Waals surface area contributed by atoms with Crippen molar-refractivity contribution in [1.29, 1.82) is 0 Å². The van der Waals surface area contributed by atoms with E-state index >= 15 is 0 Å². The number of halogens is 1. The number of nitrogens with zero attached hydrogens (tertiary/aromatic N) is 1. The average molecular weight is 421 g/mol. The van der Waals surface area contributed by atoms with Crippen LogP contribution < -0.4 is 5.32 Å². The van der Waals surface area contributed by atoms with Gasteiger partial charge in [0.25, 0.3) is 0 Å². The molecule has 2 amide bonds. The summed E-state index contributed by atoms with van der Waals surface area (Å²) in [5.74, 6) is 0.0116. The summed E-state index contributed by atoms with van der Waals surface area (Å²) in [7, 11) is 0. The van der Waals surface area contributed by atoms with Crippen LogP contribution in [0.2, 0.25) is 5.02 Å². The topological polar surface area (TPSA) is 52.6 Å². The van der Waals surface area contributed by atoms with E-state index in [1.165, 1.54) is 0 Å². The van der Waals surface area contributed by atoms with Crippen molar-refractivity contribution >= 4 is 23.3 Å². The van der Waals surface area contributed by atoms with E-state index in [0.29, 0.717) is 36.6 Å². The molecular formula is C25H25ClN2O2. The Bertz CT molecular complexity index is 947. The maximum atomic E-state index is 12.7. The largest absolute Gasteiger partial charge is 0.380 e. The monoisotopic (exact) mass is 420 g/mol. The van der Waals surface area contributed by atoms with Crippen molar-refractivity contribution in [3.05, 3.63) is 101 Å². The smallest absolute Gasteiger partial charge is 0.321 e. The van der Waals surface area contributed by atoms with Crippen molar-refractivity contribution < 1.29 is 9.90 Å². The molecule has 0 saturated carbocycles.